The Hall–Kier alpha value is -1.93. The van der Waals surface area contributed by atoms with Crippen molar-refractivity contribution in [2.75, 3.05) is 7.11 Å². The molecule has 5 heteroatoms. The maximum Gasteiger partial charge on any atom is 0.251 e. The van der Waals surface area contributed by atoms with Gasteiger partial charge in [-0.3, -0.25) is 0 Å². The van der Waals surface area contributed by atoms with Crippen LogP contribution in [-0.2, 0) is 0 Å². The summed E-state index contributed by atoms with van der Waals surface area (Å²) < 4.78 is 6.07. The number of methoxy groups -OCH3 is 1. The highest BCUT2D eigenvalue weighted by molar-refractivity contribution is 9.10. The van der Waals surface area contributed by atoms with Crippen LogP contribution in [-0.4, -0.2) is 17.1 Å². The molecule has 0 fully saturated rings. The summed E-state index contributed by atoms with van der Waals surface area (Å²) in [5.41, 5.74) is 2.90. The van der Waals surface area contributed by atoms with Gasteiger partial charge >= 0.3 is 0 Å². The summed E-state index contributed by atoms with van der Waals surface area (Å²) in [5, 5.41) is 8.87. The number of rotatable bonds is 2. The van der Waals surface area contributed by atoms with Crippen LogP contribution >= 0.6 is 15.9 Å². The van der Waals surface area contributed by atoms with E-state index in [1.807, 2.05) is 31.2 Å². The molecular formula is C13H10BrN3O. The molecule has 0 amide bonds. The lowest BCUT2D eigenvalue weighted by molar-refractivity contribution is 0.394. The molecule has 2 rings (SSSR count). The van der Waals surface area contributed by atoms with Crippen molar-refractivity contribution in [2.45, 2.75) is 6.92 Å². The Morgan fingerprint density at radius 2 is 2.17 bits per heavy atom. The first-order valence-electron chi connectivity index (χ1n) is 5.24. The Morgan fingerprint density at radius 1 is 1.39 bits per heavy atom. The van der Waals surface area contributed by atoms with Gasteiger partial charge in [0, 0.05) is 10.0 Å². The van der Waals surface area contributed by atoms with E-state index in [4.69, 9.17) is 10.00 Å². The Morgan fingerprint density at radius 3 is 2.83 bits per heavy atom. The van der Waals surface area contributed by atoms with E-state index in [1.54, 1.807) is 6.20 Å². The van der Waals surface area contributed by atoms with Gasteiger partial charge in [-0.15, -0.1) is 0 Å². The van der Waals surface area contributed by atoms with Crippen molar-refractivity contribution in [3.8, 4) is 23.2 Å². The molecule has 0 N–H and O–H groups in total. The molecule has 0 unspecified atom stereocenters. The highest BCUT2D eigenvalue weighted by atomic mass is 79.9. The number of aromatic nitrogens is 2. The van der Waals surface area contributed by atoms with Gasteiger partial charge < -0.3 is 4.74 Å². The van der Waals surface area contributed by atoms with Crippen LogP contribution in [0.5, 0.6) is 5.88 Å². The van der Waals surface area contributed by atoms with E-state index < -0.39 is 0 Å². The molecule has 1 heterocycles. The van der Waals surface area contributed by atoms with Crippen molar-refractivity contribution < 1.29 is 4.74 Å². The highest BCUT2D eigenvalue weighted by Crippen LogP contribution is 2.28. The third kappa shape index (κ3) is 2.20. The summed E-state index contributed by atoms with van der Waals surface area (Å²) in [4.78, 5) is 8.36. The number of nitriles is 1. The number of ether oxygens (including phenoxy) is 1. The molecule has 1 aromatic heterocycles. The minimum Gasteiger partial charge on any atom is -0.479 e. The van der Waals surface area contributed by atoms with Gasteiger partial charge in [0.05, 0.1) is 19.0 Å². The molecule has 0 saturated heterocycles. The summed E-state index contributed by atoms with van der Waals surface area (Å²) >= 11 is 3.48. The van der Waals surface area contributed by atoms with E-state index in [9.17, 15) is 0 Å². The minimum absolute atomic E-state index is 0.189. The SMILES string of the molecule is COc1nc(-c2cccc(Br)c2C)cnc1C#N. The highest BCUT2D eigenvalue weighted by Gasteiger charge is 2.11. The molecule has 4 nitrogen and oxygen atoms in total. The van der Waals surface area contributed by atoms with Crippen LogP contribution in [0.4, 0.5) is 0 Å². The summed E-state index contributed by atoms with van der Waals surface area (Å²) in [6, 6.07) is 7.79. The Balaban J connectivity index is 2.59. The first-order valence-corrected chi connectivity index (χ1v) is 6.03. The van der Waals surface area contributed by atoms with E-state index in [0.29, 0.717) is 5.69 Å². The lowest BCUT2D eigenvalue weighted by Crippen LogP contribution is -1.98. The second-order valence-corrected chi connectivity index (χ2v) is 4.49. The maximum absolute atomic E-state index is 8.87. The fraction of sp³-hybridized carbons (Fsp3) is 0.154. The molecule has 0 radical (unpaired) electrons. The molecule has 18 heavy (non-hydrogen) atoms. The average Bonchev–Trinajstić information content (AvgIpc) is 2.41. The smallest absolute Gasteiger partial charge is 0.251 e. The van der Waals surface area contributed by atoms with Gasteiger partial charge in [0.15, 0.2) is 0 Å². The molecule has 0 aliphatic heterocycles. The van der Waals surface area contributed by atoms with Gasteiger partial charge in [0.2, 0.25) is 5.69 Å². The Kier molecular flexibility index (Phi) is 3.58. The van der Waals surface area contributed by atoms with Crippen LogP contribution in [0.3, 0.4) is 0 Å². The molecule has 0 spiro atoms. The van der Waals surface area contributed by atoms with E-state index in [-0.39, 0.29) is 11.6 Å². The van der Waals surface area contributed by atoms with Gasteiger partial charge in [0.25, 0.3) is 5.88 Å². The van der Waals surface area contributed by atoms with Gasteiger partial charge in [-0.2, -0.15) is 5.26 Å². The predicted molar refractivity (Wildman–Crippen MR) is 71.2 cm³/mol. The molecule has 2 aromatic rings. The molecule has 0 atom stereocenters. The van der Waals surface area contributed by atoms with E-state index in [1.165, 1.54) is 7.11 Å². The Bertz CT molecular complexity index is 635. The van der Waals surface area contributed by atoms with Crippen LogP contribution in [0.1, 0.15) is 11.3 Å². The predicted octanol–water partition coefficient (Wildman–Crippen LogP) is 3.09. The zero-order valence-corrected chi connectivity index (χ0v) is 11.5. The topological polar surface area (TPSA) is 58.8 Å². The number of hydrogen-bond donors (Lipinski definition) is 0. The number of halogens is 1. The van der Waals surface area contributed by atoms with Gasteiger partial charge in [-0.05, 0) is 18.6 Å². The van der Waals surface area contributed by atoms with Crippen LogP contribution in [0, 0.1) is 18.3 Å². The van der Waals surface area contributed by atoms with Crippen molar-refractivity contribution in [2.24, 2.45) is 0 Å². The molecule has 0 aliphatic carbocycles. The normalized spacial score (nSPS) is 9.89. The second-order valence-electron chi connectivity index (χ2n) is 3.64. The van der Waals surface area contributed by atoms with Gasteiger partial charge in [-0.25, -0.2) is 9.97 Å². The van der Waals surface area contributed by atoms with Crippen LogP contribution in [0.2, 0.25) is 0 Å². The maximum atomic E-state index is 8.87. The third-order valence-electron chi connectivity index (χ3n) is 2.58. The number of benzene rings is 1. The Labute approximate surface area is 113 Å². The summed E-state index contributed by atoms with van der Waals surface area (Å²) in [6.45, 7) is 1.99. The monoisotopic (exact) mass is 303 g/mol. The van der Waals surface area contributed by atoms with E-state index in [2.05, 4.69) is 25.9 Å². The minimum atomic E-state index is 0.189. The van der Waals surface area contributed by atoms with Crippen LogP contribution in [0.15, 0.2) is 28.9 Å². The first kappa shape index (κ1) is 12.5. The zero-order valence-electron chi connectivity index (χ0n) is 9.94. The lowest BCUT2D eigenvalue weighted by Gasteiger charge is -2.08. The van der Waals surface area contributed by atoms with Crippen LogP contribution < -0.4 is 4.74 Å². The lowest BCUT2D eigenvalue weighted by atomic mass is 10.1. The number of nitrogens with zero attached hydrogens (tertiary/aromatic N) is 3. The zero-order chi connectivity index (χ0) is 13.1. The molecule has 0 saturated carbocycles. The molecular weight excluding hydrogens is 294 g/mol. The largest absolute Gasteiger partial charge is 0.479 e. The van der Waals surface area contributed by atoms with Crippen molar-refractivity contribution in [1.82, 2.24) is 9.97 Å². The summed E-state index contributed by atoms with van der Waals surface area (Å²) in [7, 11) is 1.47. The van der Waals surface area contributed by atoms with Crippen LogP contribution in [0.25, 0.3) is 11.3 Å². The summed E-state index contributed by atoms with van der Waals surface area (Å²) in [6.07, 6.45) is 1.58. The van der Waals surface area contributed by atoms with Crippen molar-refractivity contribution in [3.63, 3.8) is 0 Å². The first-order chi connectivity index (χ1) is 8.67. The molecule has 1 aromatic carbocycles. The quantitative estimate of drug-likeness (QED) is 0.855. The third-order valence-corrected chi connectivity index (χ3v) is 3.44. The van der Waals surface area contributed by atoms with E-state index >= 15 is 0 Å². The number of hydrogen-bond acceptors (Lipinski definition) is 4. The second kappa shape index (κ2) is 5.15. The summed E-state index contributed by atoms with van der Waals surface area (Å²) in [5.74, 6) is 0.245. The molecule has 0 aliphatic rings. The molecule has 0 bridgehead atoms. The fourth-order valence-electron chi connectivity index (χ4n) is 1.61. The van der Waals surface area contributed by atoms with Crippen molar-refractivity contribution in [1.29, 1.82) is 5.26 Å². The molecule has 90 valence electrons. The van der Waals surface area contributed by atoms with Crippen molar-refractivity contribution in [3.05, 3.63) is 40.1 Å². The fourth-order valence-corrected chi connectivity index (χ4v) is 1.97. The van der Waals surface area contributed by atoms with Crippen molar-refractivity contribution >= 4 is 15.9 Å². The standard InChI is InChI=1S/C13H10BrN3O/c1-8-9(4-3-5-10(8)14)12-7-16-11(6-15)13(17-12)18-2/h3-5,7H,1-2H3. The van der Waals surface area contributed by atoms with E-state index in [0.717, 1.165) is 15.6 Å². The van der Waals surface area contributed by atoms with Gasteiger partial charge in [0.1, 0.15) is 6.07 Å². The average molecular weight is 304 g/mol. The van der Waals surface area contributed by atoms with Gasteiger partial charge in [-0.1, -0.05) is 28.1 Å².